The smallest absolute Gasteiger partial charge is 0.327 e. The lowest BCUT2D eigenvalue weighted by molar-refractivity contribution is -0.139. The standard InChI is InChI=1S/C7H13NO3S2/c1-12-2-3-13-4-6(7(10)11)8-5-9/h5-6H,2-4H2,1H3,(H,8,9)(H,10,11). The number of carbonyl (C=O) groups is 2. The van der Waals surface area contributed by atoms with Crippen LogP contribution in [0.25, 0.3) is 0 Å². The summed E-state index contributed by atoms with van der Waals surface area (Å²) in [5.41, 5.74) is 0. The monoisotopic (exact) mass is 223 g/mol. The summed E-state index contributed by atoms with van der Waals surface area (Å²) in [6, 6.07) is -0.760. The Morgan fingerprint density at radius 3 is 2.77 bits per heavy atom. The lowest BCUT2D eigenvalue weighted by atomic mass is 10.3. The molecule has 0 aromatic rings. The SMILES string of the molecule is CSCCSCC(NC=O)C(=O)O. The van der Waals surface area contributed by atoms with Crippen molar-refractivity contribution in [3.8, 4) is 0 Å². The third-order valence-corrected chi connectivity index (χ3v) is 3.22. The molecule has 1 atom stereocenters. The first-order chi connectivity index (χ1) is 6.22. The highest BCUT2D eigenvalue weighted by Crippen LogP contribution is 2.05. The molecule has 13 heavy (non-hydrogen) atoms. The quantitative estimate of drug-likeness (QED) is 0.457. The van der Waals surface area contributed by atoms with Crippen molar-refractivity contribution in [2.75, 3.05) is 23.5 Å². The van der Waals surface area contributed by atoms with E-state index in [0.717, 1.165) is 11.5 Å². The minimum absolute atomic E-state index is 0.425. The van der Waals surface area contributed by atoms with Crippen LogP contribution in [0.5, 0.6) is 0 Å². The Balaban J connectivity index is 3.56. The molecule has 1 unspecified atom stereocenters. The zero-order valence-corrected chi connectivity index (χ0v) is 8.99. The minimum Gasteiger partial charge on any atom is -0.480 e. The minimum atomic E-state index is -0.983. The fourth-order valence-electron chi connectivity index (χ4n) is 0.616. The van der Waals surface area contributed by atoms with Gasteiger partial charge in [-0.2, -0.15) is 23.5 Å². The van der Waals surface area contributed by atoms with Crippen LogP contribution in [0.15, 0.2) is 0 Å². The summed E-state index contributed by atoms with van der Waals surface area (Å²) in [6.45, 7) is 0. The van der Waals surface area contributed by atoms with Gasteiger partial charge in [-0.25, -0.2) is 4.79 Å². The van der Waals surface area contributed by atoms with Crippen molar-refractivity contribution >= 4 is 35.9 Å². The maximum atomic E-state index is 10.5. The Bertz CT molecular complexity index is 166. The van der Waals surface area contributed by atoms with Crippen molar-refractivity contribution in [2.45, 2.75) is 6.04 Å². The van der Waals surface area contributed by atoms with Crippen LogP contribution in [0, 0.1) is 0 Å². The van der Waals surface area contributed by atoms with Crippen LogP contribution in [0.4, 0.5) is 0 Å². The van der Waals surface area contributed by atoms with Crippen molar-refractivity contribution < 1.29 is 14.7 Å². The van der Waals surface area contributed by atoms with E-state index in [-0.39, 0.29) is 0 Å². The first-order valence-corrected chi connectivity index (χ1v) is 6.26. The first-order valence-electron chi connectivity index (χ1n) is 3.71. The molecule has 0 saturated carbocycles. The van der Waals surface area contributed by atoms with E-state index in [4.69, 9.17) is 5.11 Å². The van der Waals surface area contributed by atoms with Gasteiger partial charge in [-0.05, 0) is 6.26 Å². The number of hydrogen-bond acceptors (Lipinski definition) is 4. The third kappa shape index (κ3) is 6.77. The summed E-state index contributed by atoms with van der Waals surface area (Å²) in [4.78, 5) is 20.5. The summed E-state index contributed by atoms with van der Waals surface area (Å²) in [7, 11) is 0. The molecular weight excluding hydrogens is 210 g/mol. The maximum absolute atomic E-state index is 10.5. The van der Waals surface area contributed by atoms with Crippen molar-refractivity contribution in [3.63, 3.8) is 0 Å². The predicted molar refractivity (Wildman–Crippen MR) is 56.3 cm³/mol. The van der Waals surface area contributed by atoms with Gasteiger partial charge >= 0.3 is 5.97 Å². The third-order valence-electron chi connectivity index (χ3n) is 1.28. The fraction of sp³-hybridized carbons (Fsp3) is 0.714. The van der Waals surface area contributed by atoms with E-state index in [1.165, 1.54) is 11.8 Å². The van der Waals surface area contributed by atoms with E-state index < -0.39 is 12.0 Å². The van der Waals surface area contributed by atoms with Gasteiger partial charge in [0.1, 0.15) is 6.04 Å². The van der Waals surface area contributed by atoms with Gasteiger partial charge in [0.2, 0.25) is 6.41 Å². The van der Waals surface area contributed by atoms with Crippen LogP contribution in [-0.2, 0) is 9.59 Å². The topological polar surface area (TPSA) is 66.4 Å². The molecule has 0 radical (unpaired) electrons. The molecule has 0 aliphatic carbocycles. The van der Waals surface area contributed by atoms with Gasteiger partial charge in [-0.3, -0.25) is 4.79 Å². The highest BCUT2D eigenvalue weighted by atomic mass is 32.2. The van der Waals surface area contributed by atoms with Gasteiger partial charge in [-0.15, -0.1) is 0 Å². The molecular formula is C7H13NO3S2. The predicted octanol–water partition coefficient (Wildman–Crippen LogP) is 0.282. The highest BCUT2D eigenvalue weighted by molar-refractivity contribution is 8.02. The van der Waals surface area contributed by atoms with Crippen LogP contribution in [0.3, 0.4) is 0 Å². The summed E-state index contributed by atoms with van der Waals surface area (Å²) < 4.78 is 0. The van der Waals surface area contributed by atoms with Gasteiger partial charge in [0, 0.05) is 17.3 Å². The molecule has 0 aliphatic rings. The van der Waals surface area contributed by atoms with Crippen molar-refractivity contribution in [1.82, 2.24) is 5.32 Å². The van der Waals surface area contributed by atoms with Gasteiger partial charge in [0.25, 0.3) is 0 Å². The van der Waals surface area contributed by atoms with Crippen molar-refractivity contribution in [2.24, 2.45) is 0 Å². The first kappa shape index (κ1) is 12.6. The maximum Gasteiger partial charge on any atom is 0.327 e. The number of nitrogens with one attached hydrogen (secondary N) is 1. The van der Waals surface area contributed by atoms with Crippen LogP contribution >= 0.6 is 23.5 Å². The molecule has 0 aliphatic heterocycles. The van der Waals surface area contributed by atoms with Crippen LogP contribution in [0.2, 0.25) is 0 Å². The summed E-state index contributed by atoms with van der Waals surface area (Å²) in [6.07, 6.45) is 2.42. The number of thioether (sulfide) groups is 2. The van der Waals surface area contributed by atoms with E-state index in [9.17, 15) is 9.59 Å². The fourth-order valence-corrected chi connectivity index (χ4v) is 2.40. The second-order valence-corrected chi connectivity index (χ2v) is 4.38. The molecule has 0 aromatic carbocycles. The average molecular weight is 223 g/mol. The van der Waals surface area contributed by atoms with Gasteiger partial charge in [-0.1, -0.05) is 0 Å². The van der Waals surface area contributed by atoms with Crippen LogP contribution in [0.1, 0.15) is 0 Å². The van der Waals surface area contributed by atoms with Gasteiger partial charge < -0.3 is 10.4 Å². The zero-order valence-electron chi connectivity index (χ0n) is 7.36. The van der Waals surface area contributed by atoms with Crippen molar-refractivity contribution in [1.29, 1.82) is 0 Å². The molecule has 0 rings (SSSR count). The van der Waals surface area contributed by atoms with Crippen LogP contribution < -0.4 is 5.32 Å². The van der Waals surface area contributed by atoms with Crippen LogP contribution in [-0.4, -0.2) is 47.0 Å². The Labute approximate surface area is 85.8 Å². The molecule has 4 nitrogen and oxygen atoms in total. The molecule has 0 bridgehead atoms. The molecule has 0 heterocycles. The Kier molecular flexibility index (Phi) is 8.02. The van der Waals surface area contributed by atoms with E-state index >= 15 is 0 Å². The summed E-state index contributed by atoms with van der Waals surface area (Å²) >= 11 is 3.25. The van der Waals surface area contributed by atoms with E-state index in [1.807, 2.05) is 6.26 Å². The van der Waals surface area contributed by atoms with Crippen molar-refractivity contribution in [3.05, 3.63) is 0 Å². The summed E-state index contributed by atoms with van der Waals surface area (Å²) in [5.74, 6) is 1.35. The molecule has 0 fully saturated rings. The lowest BCUT2D eigenvalue weighted by Gasteiger charge is -2.09. The number of amides is 1. The number of carboxylic acid groups (broad SMARTS) is 1. The summed E-state index contributed by atoms with van der Waals surface area (Å²) in [5, 5.41) is 10.9. The Morgan fingerprint density at radius 1 is 1.62 bits per heavy atom. The van der Waals surface area contributed by atoms with E-state index in [0.29, 0.717) is 12.2 Å². The molecule has 0 spiro atoms. The Hall–Kier alpha value is -0.360. The zero-order chi connectivity index (χ0) is 10.1. The van der Waals surface area contributed by atoms with E-state index in [1.54, 1.807) is 11.8 Å². The number of hydrogen-bond donors (Lipinski definition) is 2. The normalized spacial score (nSPS) is 12.1. The molecule has 76 valence electrons. The molecule has 1 amide bonds. The molecule has 0 saturated heterocycles. The Morgan fingerprint density at radius 2 is 2.31 bits per heavy atom. The average Bonchev–Trinajstić information content (AvgIpc) is 2.10. The van der Waals surface area contributed by atoms with E-state index in [2.05, 4.69) is 5.32 Å². The lowest BCUT2D eigenvalue weighted by Crippen LogP contribution is -2.37. The molecule has 2 N–H and O–H groups in total. The second kappa shape index (κ2) is 8.25. The number of rotatable bonds is 8. The molecule has 6 heteroatoms. The van der Waals surface area contributed by atoms with Gasteiger partial charge in [0.05, 0.1) is 0 Å². The number of carbonyl (C=O) groups excluding carboxylic acids is 1. The largest absolute Gasteiger partial charge is 0.480 e. The number of carboxylic acids is 1. The van der Waals surface area contributed by atoms with Gasteiger partial charge in [0.15, 0.2) is 0 Å². The highest BCUT2D eigenvalue weighted by Gasteiger charge is 2.15. The molecule has 0 aromatic heterocycles. The second-order valence-electron chi connectivity index (χ2n) is 2.24. The number of aliphatic carboxylic acids is 1.